The van der Waals surface area contributed by atoms with E-state index in [-0.39, 0.29) is 27.5 Å². The minimum atomic E-state index is -4.41. The summed E-state index contributed by atoms with van der Waals surface area (Å²) in [5.41, 5.74) is -4.37. The van der Waals surface area contributed by atoms with Crippen molar-refractivity contribution in [2.24, 2.45) is 0 Å². The summed E-state index contributed by atoms with van der Waals surface area (Å²) in [6, 6.07) is 4.38. The van der Waals surface area contributed by atoms with Crippen molar-refractivity contribution in [3.05, 3.63) is 34.6 Å². The summed E-state index contributed by atoms with van der Waals surface area (Å²) < 4.78 is 37.3. The number of H-pyrrole nitrogens is 1. The van der Waals surface area contributed by atoms with Gasteiger partial charge in [0.15, 0.2) is 0 Å². The van der Waals surface area contributed by atoms with Crippen LogP contribution >= 0.6 is 23.5 Å². The molecular formula is C11H8F3NOS2. The van der Waals surface area contributed by atoms with E-state index in [0.717, 1.165) is 0 Å². The molecule has 96 valence electrons. The van der Waals surface area contributed by atoms with E-state index in [0.29, 0.717) is 10.4 Å². The lowest BCUT2D eigenvalue weighted by molar-refractivity contribution is -0.0327. The molecule has 2 nitrogen and oxygen atoms in total. The maximum Gasteiger partial charge on any atom is 0.446 e. The normalized spacial score (nSPS) is 12.0. The van der Waals surface area contributed by atoms with Crippen molar-refractivity contribution < 1.29 is 13.2 Å². The molecule has 0 aliphatic heterocycles. The first-order chi connectivity index (χ1) is 8.42. The second-order valence-electron chi connectivity index (χ2n) is 3.41. The lowest BCUT2D eigenvalue weighted by atomic mass is 10.2. The van der Waals surface area contributed by atoms with Crippen LogP contribution in [-0.4, -0.2) is 16.7 Å². The van der Waals surface area contributed by atoms with Gasteiger partial charge >= 0.3 is 5.51 Å². The zero-order valence-corrected chi connectivity index (χ0v) is 10.8. The van der Waals surface area contributed by atoms with Crippen molar-refractivity contribution >= 4 is 34.4 Å². The van der Waals surface area contributed by atoms with E-state index in [1.807, 2.05) is 0 Å². The maximum atomic E-state index is 12.4. The van der Waals surface area contributed by atoms with E-state index in [9.17, 15) is 18.0 Å². The minimum absolute atomic E-state index is 0.0721. The van der Waals surface area contributed by atoms with Gasteiger partial charge in [-0.25, -0.2) is 0 Å². The number of rotatable bonds is 2. The van der Waals surface area contributed by atoms with Crippen LogP contribution in [0.3, 0.4) is 0 Å². The number of aromatic nitrogens is 1. The predicted molar refractivity (Wildman–Crippen MR) is 68.3 cm³/mol. The van der Waals surface area contributed by atoms with Gasteiger partial charge < -0.3 is 4.98 Å². The highest BCUT2D eigenvalue weighted by atomic mass is 32.2. The number of alkyl halides is 3. The number of thioether (sulfide) groups is 2. The highest BCUT2D eigenvalue weighted by Gasteiger charge is 2.30. The highest BCUT2D eigenvalue weighted by molar-refractivity contribution is 8.00. The molecule has 0 aliphatic carbocycles. The fourth-order valence-electron chi connectivity index (χ4n) is 1.58. The van der Waals surface area contributed by atoms with Crippen molar-refractivity contribution in [2.75, 3.05) is 6.26 Å². The Hall–Kier alpha value is -1.08. The smallest absolute Gasteiger partial charge is 0.360 e. The van der Waals surface area contributed by atoms with Crippen molar-refractivity contribution in [2.45, 2.75) is 15.3 Å². The zero-order valence-electron chi connectivity index (χ0n) is 9.17. The average molecular weight is 291 g/mol. The molecule has 2 rings (SSSR count). The minimum Gasteiger partial charge on any atom is -0.360 e. The van der Waals surface area contributed by atoms with Crippen LogP contribution in [0.1, 0.15) is 0 Å². The number of hydrogen-bond acceptors (Lipinski definition) is 3. The summed E-state index contributed by atoms with van der Waals surface area (Å²) in [5, 5.41) is 0.0895. The molecule has 0 fully saturated rings. The van der Waals surface area contributed by atoms with E-state index in [2.05, 4.69) is 4.98 Å². The third kappa shape index (κ3) is 2.67. The molecule has 0 aliphatic rings. The molecule has 0 amide bonds. The van der Waals surface area contributed by atoms with Crippen LogP contribution in [0.2, 0.25) is 0 Å². The second-order valence-corrected chi connectivity index (χ2v) is 5.37. The van der Waals surface area contributed by atoms with E-state index >= 15 is 0 Å². The maximum absolute atomic E-state index is 12.4. The number of pyridine rings is 1. The van der Waals surface area contributed by atoms with Crippen molar-refractivity contribution in [1.29, 1.82) is 0 Å². The Balaban J connectivity index is 2.70. The number of halogens is 3. The van der Waals surface area contributed by atoms with Gasteiger partial charge in [0, 0.05) is 11.1 Å². The van der Waals surface area contributed by atoms with Crippen LogP contribution in [-0.2, 0) is 0 Å². The summed E-state index contributed by atoms with van der Waals surface area (Å²) in [6.45, 7) is 0. The SMILES string of the molecule is CSc1c[nH]c2cccc(SC(F)(F)F)c2c1=O. The predicted octanol–water partition coefficient (Wildman–Crippen LogP) is 3.86. The van der Waals surface area contributed by atoms with Crippen molar-refractivity contribution in [1.82, 2.24) is 4.98 Å². The van der Waals surface area contributed by atoms with E-state index in [1.165, 1.54) is 30.1 Å². The largest absolute Gasteiger partial charge is 0.446 e. The number of aromatic amines is 1. The Morgan fingerprint density at radius 3 is 2.56 bits per heavy atom. The van der Waals surface area contributed by atoms with E-state index in [1.54, 1.807) is 12.3 Å². The van der Waals surface area contributed by atoms with Gasteiger partial charge in [0.1, 0.15) is 0 Å². The average Bonchev–Trinajstić information content (AvgIpc) is 2.27. The van der Waals surface area contributed by atoms with Crippen LogP contribution in [0.5, 0.6) is 0 Å². The van der Waals surface area contributed by atoms with Gasteiger partial charge in [-0.15, -0.1) is 11.8 Å². The van der Waals surface area contributed by atoms with Crippen LogP contribution < -0.4 is 5.43 Å². The Morgan fingerprint density at radius 1 is 1.22 bits per heavy atom. The van der Waals surface area contributed by atoms with Gasteiger partial charge in [-0.05, 0) is 30.2 Å². The molecule has 1 heterocycles. The molecule has 1 aromatic carbocycles. The Bertz CT molecular complexity index is 636. The van der Waals surface area contributed by atoms with Gasteiger partial charge in [-0.3, -0.25) is 4.79 Å². The lowest BCUT2D eigenvalue weighted by Gasteiger charge is -2.09. The molecule has 1 aromatic heterocycles. The third-order valence-electron chi connectivity index (χ3n) is 2.28. The fourth-order valence-corrected chi connectivity index (χ4v) is 2.74. The molecule has 0 unspecified atom stereocenters. The van der Waals surface area contributed by atoms with Crippen LogP contribution in [0, 0.1) is 0 Å². The number of hydrogen-bond donors (Lipinski definition) is 1. The van der Waals surface area contributed by atoms with Gasteiger partial charge in [-0.2, -0.15) is 13.2 Å². The Morgan fingerprint density at radius 2 is 1.94 bits per heavy atom. The topological polar surface area (TPSA) is 32.9 Å². The third-order valence-corrected chi connectivity index (χ3v) is 3.82. The van der Waals surface area contributed by atoms with Gasteiger partial charge in [0.05, 0.1) is 15.8 Å². The standard InChI is InChI=1S/C11H8F3NOS2/c1-17-8-5-15-6-3-2-4-7(9(6)10(8)16)18-11(12,13)14/h2-5H,1H3,(H,15,16). The molecule has 0 bridgehead atoms. The molecular weight excluding hydrogens is 283 g/mol. The van der Waals surface area contributed by atoms with Crippen molar-refractivity contribution in [3.63, 3.8) is 0 Å². The highest BCUT2D eigenvalue weighted by Crippen LogP contribution is 2.39. The molecule has 0 saturated carbocycles. The molecule has 7 heteroatoms. The monoisotopic (exact) mass is 291 g/mol. The second kappa shape index (κ2) is 4.89. The molecule has 0 radical (unpaired) electrons. The van der Waals surface area contributed by atoms with Crippen LogP contribution in [0.4, 0.5) is 13.2 Å². The van der Waals surface area contributed by atoms with E-state index < -0.39 is 5.51 Å². The summed E-state index contributed by atoms with van der Waals surface area (Å²) >= 11 is 0.937. The Labute approximate surface area is 109 Å². The van der Waals surface area contributed by atoms with Crippen molar-refractivity contribution in [3.8, 4) is 0 Å². The lowest BCUT2D eigenvalue weighted by Crippen LogP contribution is -2.08. The number of nitrogens with one attached hydrogen (secondary N) is 1. The summed E-state index contributed by atoms with van der Waals surface area (Å²) in [6.07, 6.45) is 3.22. The molecule has 18 heavy (non-hydrogen) atoms. The quantitative estimate of drug-likeness (QED) is 0.853. The molecule has 0 spiro atoms. The molecule has 2 aromatic rings. The summed E-state index contributed by atoms with van der Waals surface area (Å²) in [4.78, 5) is 15.2. The van der Waals surface area contributed by atoms with Gasteiger partial charge in [0.25, 0.3) is 0 Å². The zero-order chi connectivity index (χ0) is 13.3. The molecule has 0 saturated heterocycles. The van der Waals surface area contributed by atoms with Crippen LogP contribution in [0.15, 0.2) is 39.0 Å². The van der Waals surface area contributed by atoms with E-state index in [4.69, 9.17) is 0 Å². The first-order valence-corrected chi connectivity index (χ1v) is 6.90. The van der Waals surface area contributed by atoms with Crippen LogP contribution in [0.25, 0.3) is 10.9 Å². The fraction of sp³-hybridized carbons (Fsp3) is 0.182. The molecule has 0 atom stereocenters. The number of benzene rings is 1. The Kier molecular flexibility index (Phi) is 3.63. The summed E-state index contributed by atoms with van der Waals surface area (Å²) in [5.74, 6) is 0. The summed E-state index contributed by atoms with van der Waals surface area (Å²) in [7, 11) is 0. The van der Waals surface area contributed by atoms with Gasteiger partial charge in [-0.1, -0.05) is 6.07 Å². The first-order valence-electron chi connectivity index (χ1n) is 4.86. The molecule has 1 N–H and O–H groups in total. The number of fused-ring (bicyclic) bond motifs is 1. The first kappa shape index (κ1) is 13.4. The van der Waals surface area contributed by atoms with Gasteiger partial charge in [0.2, 0.25) is 5.43 Å².